The zero-order valence-electron chi connectivity index (χ0n) is 17.7. The van der Waals surface area contributed by atoms with E-state index in [1.54, 1.807) is 6.07 Å². The van der Waals surface area contributed by atoms with E-state index < -0.39 is 5.97 Å². The van der Waals surface area contributed by atoms with E-state index in [4.69, 9.17) is 21.1 Å². The number of benzene rings is 3. The van der Waals surface area contributed by atoms with E-state index in [2.05, 4.69) is 47.4 Å². The first-order chi connectivity index (χ1) is 16.5. The van der Waals surface area contributed by atoms with Crippen LogP contribution in [0.2, 0.25) is 5.02 Å². The highest BCUT2D eigenvalue weighted by atomic mass is 79.9. The second-order valence-corrected chi connectivity index (χ2v) is 9.98. The smallest absolute Gasteiger partial charge is 0.342 e. The molecule has 3 aromatic carbocycles. The first-order valence-corrected chi connectivity index (χ1v) is 12.9. The van der Waals surface area contributed by atoms with E-state index in [1.165, 1.54) is 29.6 Å². The summed E-state index contributed by atoms with van der Waals surface area (Å²) >= 11 is 15.0. The first-order valence-electron chi connectivity index (χ1n) is 9.91. The SMILES string of the molecule is COc1cc(-n2nnnc2SCc2ccccc2Br)c(Cl)cc1C(=O)OCc1ccccc1Br. The van der Waals surface area contributed by atoms with Crippen LogP contribution in [0.5, 0.6) is 5.75 Å². The molecule has 0 aliphatic heterocycles. The molecule has 0 fully saturated rings. The number of carbonyl (C=O) groups excluding carboxylic acids is 1. The molecule has 4 rings (SSSR count). The van der Waals surface area contributed by atoms with Crippen molar-refractivity contribution in [1.29, 1.82) is 0 Å². The van der Waals surface area contributed by atoms with Gasteiger partial charge in [-0.05, 0) is 34.2 Å². The van der Waals surface area contributed by atoms with Crippen LogP contribution in [-0.4, -0.2) is 33.3 Å². The molecular formula is C23H17Br2ClN4O3S. The van der Waals surface area contributed by atoms with E-state index in [0.29, 0.717) is 22.3 Å². The van der Waals surface area contributed by atoms with Crippen molar-refractivity contribution in [2.24, 2.45) is 0 Å². The molecule has 11 heteroatoms. The maximum absolute atomic E-state index is 12.8. The molecule has 0 N–H and O–H groups in total. The fraction of sp³-hybridized carbons (Fsp3) is 0.130. The molecule has 1 aromatic heterocycles. The molecule has 1 heterocycles. The third-order valence-electron chi connectivity index (χ3n) is 4.79. The van der Waals surface area contributed by atoms with E-state index in [0.717, 1.165) is 20.1 Å². The molecule has 7 nitrogen and oxygen atoms in total. The Morgan fingerprint density at radius 1 is 1.06 bits per heavy atom. The zero-order chi connectivity index (χ0) is 24.1. The van der Waals surface area contributed by atoms with Gasteiger partial charge in [-0.25, -0.2) is 4.79 Å². The van der Waals surface area contributed by atoms with Crippen molar-refractivity contribution in [3.8, 4) is 11.4 Å². The lowest BCUT2D eigenvalue weighted by molar-refractivity contribution is 0.0468. The Morgan fingerprint density at radius 2 is 1.74 bits per heavy atom. The van der Waals surface area contributed by atoms with Crippen molar-refractivity contribution in [1.82, 2.24) is 20.2 Å². The third kappa shape index (κ3) is 5.63. The molecule has 0 radical (unpaired) electrons. The van der Waals surface area contributed by atoms with Gasteiger partial charge in [0.1, 0.15) is 17.9 Å². The summed E-state index contributed by atoms with van der Waals surface area (Å²) in [6.45, 7) is 0.103. The maximum atomic E-state index is 12.8. The van der Waals surface area contributed by atoms with Crippen LogP contribution in [0.3, 0.4) is 0 Å². The van der Waals surface area contributed by atoms with Gasteiger partial charge in [-0.3, -0.25) is 0 Å². The number of halogens is 3. The number of nitrogens with zero attached hydrogens (tertiary/aromatic N) is 4. The van der Waals surface area contributed by atoms with Gasteiger partial charge in [0.15, 0.2) is 0 Å². The average molecular weight is 625 g/mol. The highest BCUT2D eigenvalue weighted by Gasteiger charge is 2.21. The Balaban J connectivity index is 1.56. The van der Waals surface area contributed by atoms with Gasteiger partial charge in [-0.1, -0.05) is 91.6 Å². The predicted octanol–water partition coefficient (Wildman–Crippen LogP) is 6.50. The predicted molar refractivity (Wildman–Crippen MR) is 138 cm³/mol. The van der Waals surface area contributed by atoms with E-state index in [1.807, 2.05) is 48.5 Å². The van der Waals surface area contributed by atoms with Crippen LogP contribution in [0.15, 0.2) is 74.8 Å². The fourth-order valence-corrected chi connectivity index (χ4v) is 5.19. The Bertz CT molecular complexity index is 1340. The highest BCUT2D eigenvalue weighted by molar-refractivity contribution is 9.10. The molecule has 0 atom stereocenters. The highest BCUT2D eigenvalue weighted by Crippen LogP contribution is 2.33. The molecule has 34 heavy (non-hydrogen) atoms. The summed E-state index contributed by atoms with van der Waals surface area (Å²) in [6, 6.07) is 18.6. The topological polar surface area (TPSA) is 79.1 Å². The largest absolute Gasteiger partial charge is 0.496 e. The van der Waals surface area contributed by atoms with Crippen LogP contribution >= 0.6 is 55.2 Å². The molecule has 0 aliphatic rings. The number of hydrogen-bond donors (Lipinski definition) is 0. The summed E-state index contributed by atoms with van der Waals surface area (Å²) < 4.78 is 14.3. The van der Waals surface area contributed by atoms with Crippen molar-refractivity contribution in [2.75, 3.05) is 7.11 Å². The van der Waals surface area contributed by atoms with Crippen molar-refractivity contribution in [2.45, 2.75) is 17.5 Å². The van der Waals surface area contributed by atoms with Gasteiger partial charge < -0.3 is 9.47 Å². The summed E-state index contributed by atoms with van der Waals surface area (Å²) in [4.78, 5) is 12.8. The second-order valence-electron chi connectivity index (χ2n) is 6.92. The second kappa shape index (κ2) is 11.4. The molecule has 0 saturated carbocycles. The number of ether oxygens (including phenoxy) is 2. The van der Waals surface area contributed by atoms with Crippen LogP contribution < -0.4 is 4.74 Å². The lowest BCUT2D eigenvalue weighted by Gasteiger charge is -2.13. The number of thioether (sulfide) groups is 1. The molecule has 0 saturated heterocycles. The summed E-state index contributed by atoms with van der Waals surface area (Å²) in [5.41, 5.74) is 2.64. The summed E-state index contributed by atoms with van der Waals surface area (Å²) in [5, 5.41) is 12.8. The molecule has 174 valence electrons. The minimum Gasteiger partial charge on any atom is -0.496 e. The van der Waals surface area contributed by atoms with Crippen molar-refractivity contribution in [3.63, 3.8) is 0 Å². The number of esters is 1. The Hall–Kier alpha value is -2.40. The van der Waals surface area contributed by atoms with Crippen LogP contribution in [0, 0.1) is 0 Å². The quantitative estimate of drug-likeness (QED) is 0.164. The van der Waals surface area contributed by atoms with Gasteiger partial charge in [0.2, 0.25) is 5.16 Å². The van der Waals surface area contributed by atoms with Gasteiger partial charge in [-0.2, -0.15) is 4.68 Å². The number of carbonyl (C=O) groups is 1. The number of methoxy groups -OCH3 is 1. The summed E-state index contributed by atoms with van der Waals surface area (Å²) in [7, 11) is 1.47. The number of rotatable bonds is 8. The normalized spacial score (nSPS) is 10.8. The Morgan fingerprint density at radius 3 is 2.41 bits per heavy atom. The lowest BCUT2D eigenvalue weighted by Crippen LogP contribution is -2.09. The van der Waals surface area contributed by atoms with Crippen molar-refractivity contribution < 1.29 is 14.3 Å². The number of hydrogen-bond acceptors (Lipinski definition) is 7. The average Bonchev–Trinajstić information content (AvgIpc) is 3.31. The number of tetrazole rings is 1. The van der Waals surface area contributed by atoms with E-state index in [-0.39, 0.29) is 17.2 Å². The van der Waals surface area contributed by atoms with Crippen molar-refractivity contribution >= 4 is 61.2 Å². The minimum absolute atomic E-state index is 0.103. The summed E-state index contributed by atoms with van der Waals surface area (Å²) in [5.74, 6) is 0.394. The minimum atomic E-state index is -0.554. The Labute approximate surface area is 222 Å². The van der Waals surface area contributed by atoms with E-state index >= 15 is 0 Å². The van der Waals surface area contributed by atoms with Gasteiger partial charge in [0.05, 0.1) is 17.8 Å². The molecule has 0 aliphatic carbocycles. The van der Waals surface area contributed by atoms with E-state index in [9.17, 15) is 4.79 Å². The van der Waals surface area contributed by atoms with Crippen LogP contribution in [0.25, 0.3) is 5.69 Å². The fourth-order valence-electron chi connectivity index (χ4n) is 3.05. The molecule has 0 spiro atoms. The maximum Gasteiger partial charge on any atom is 0.342 e. The summed E-state index contributed by atoms with van der Waals surface area (Å²) in [6.07, 6.45) is 0. The van der Waals surface area contributed by atoms with Crippen molar-refractivity contribution in [3.05, 3.63) is 91.3 Å². The van der Waals surface area contributed by atoms with Crippen LogP contribution in [-0.2, 0) is 17.1 Å². The molecule has 0 amide bonds. The van der Waals surface area contributed by atoms with Crippen LogP contribution in [0.4, 0.5) is 0 Å². The monoisotopic (exact) mass is 622 g/mol. The lowest BCUT2D eigenvalue weighted by atomic mass is 10.1. The standard InChI is InChI=1S/C23H17Br2ClN4O3S/c1-32-21-11-20(30-23(27-28-29-30)34-13-15-7-3-5-9-18(15)25)19(26)10-16(21)22(31)33-12-14-6-2-4-8-17(14)24/h2-11H,12-13H2,1H3. The van der Waals surface area contributed by atoms with Gasteiger partial charge in [0.25, 0.3) is 0 Å². The molecular weight excluding hydrogens is 608 g/mol. The van der Waals surface area contributed by atoms with Crippen LogP contribution in [0.1, 0.15) is 21.5 Å². The van der Waals surface area contributed by atoms with Gasteiger partial charge in [0, 0.05) is 26.3 Å². The molecule has 0 bridgehead atoms. The first kappa shape index (κ1) is 24.7. The van der Waals surface area contributed by atoms with Gasteiger partial charge in [-0.15, -0.1) is 5.10 Å². The number of aromatic nitrogens is 4. The third-order valence-corrected chi connectivity index (χ3v) is 7.61. The zero-order valence-corrected chi connectivity index (χ0v) is 22.5. The molecule has 4 aromatic rings. The molecule has 0 unspecified atom stereocenters. The Kier molecular flexibility index (Phi) is 8.25. The van der Waals surface area contributed by atoms with Gasteiger partial charge >= 0.3 is 5.97 Å².